The number of hydrogen-bond donors (Lipinski definition) is 0. The van der Waals surface area contributed by atoms with Gasteiger partial charge in [-0.25, -0.2) is 4.79 Å². The Kier molecular flexibility index (Phi) is 3.90. The SMILES string of the molecule is CC(=O)OC12C=C3C(=O)OC(C)(C)OC34C(C1)C(C)(C)OC4(CC=C(C)C)C2=O. The van der Waals surface area contributed by atoms with Crippen LogP contribution in [-0.4, -0.2) is 45.9 Å². The zero-order chi connectivity index (χ0) is 21.6. The molecule has 2 heterocycles. The molecule has 2 saturated heterocycles. The largest absolute Gasteiger partial charge is 0.447 e. The predicted octanol–water partition coefficient (Wildman–Crippen LogP) is 2.77. The van der Waals surface area contributed by atoms with Gasteiger partial charge in [0.2, 0.25) is 11.6 Å². The molecule has 0 amide bonds. The molecule has 3 fully saturated rings. The Bertz CT molecular complexity index is 891. The summed E-state index contributed by atoms with van der Waals surface area (Å²) < 4.78 is 24.1. The van der Waals surface area contributed by atoms with E-state index < -0.39 is 40.1 Å². The first kappa shape index (κ1) is 20.3. The van der Waals surface area contributed by atoms with Gasteiger partial charge in [0, 0.05) is 39.5 Å². The fourth-order valence-electron chi connectivity index (χ4n) is 5.69. The molecule has 3 aliphatic carbocycles. The molecule has 0 aromatic carbocycles. The van der Waals surface area contributed by atoms with Gasteiger partial charge in [-0.15, -0.1) is 0 Å². The Hall–Kier alpha value is -1.99. The van der Waals surface area contributed by atoms with Crippen molar-refractivity contribution in [3.8, 4) is 0 Å². The average molecular weight is 404 g/mol. The first-order chi connectivity index (χ1) is 13.2. The van der Waals surface area contributed by atoms with Crippen molar-refractivity contribution in [2.45, 2.75) is 89.5 Å². The van der Waals surface area contributed by atoms with Gasteiger partial charge in [-0.1, -0.05) is 11.6 Å². The molecule has 5 aliphatic rings. The molecule has 1 spiro atoms. The Balaban J connectivity index is 2.05. The number of Topliss-reactive ketones (excluding diaryl/α,β-unsaturated/α-hetero) is 1. The molecule has 0 aromatic heterocycles. The topological polar surface area (TPSA) is 88.1 Å². The molecule has 0 aromatic rings. The van der Waals surface area contributed by atoms with Crippen LogP contribution in [0.15, 0.2) is 23.3 Å². The van der Waals surface area contributed by atoms with E-state index in [0.717, 1.165) is 5.57 Å². The normalized spacial score (nSPS) is 40.7. The first-order valence-corrected chi connectivity index (χ1v) is 9.96. The van der Waals surface area contributed by atoms with Crippen molar-refractivity contribution in [2.75, 3.05) is 0 Å². The quantitative estimate of drug-likeness (QED) is 0.528. The van der Waals surface area contributed by atoms with E-state index in [1.54, 1.807) is 13.8 Å². The minimum Gasteiger partial charge on any atom is -0.447 e. The number of carbonyl (C=O) groups excluding carboxylic acids is 3. The third-order valence-electron chi connectivity index (χ3n) is 6.49. The molecule has 29 heavy (non-hydrogen) atoms. The number of ether oxygens (including phenoxy) is 4. The van der Waals surface area contributed by atoms with Gasteiger partial charge in [-0.05, 0) is 33.8 Å². The molecule has 4 unspecified atom stereocenters. The molecule has 7 heteroatoms. The molecule has 158 valence electrons. The Morgan fingerprint density at radius 3 is 2.41 bits per heavy atom. The first-order valence-electron chi connectivity index (χ1n) is 9.96. The van der Waals surface area contributed by atoms with Gasteiger partial charge in [0.15, 0.2) is 11.2 Å². The van der Waals surface area contributed by atoms with Crippen LogP contribution >= 0.6 is 0 Å². The fraction of sp³-hybridized carbons (Fsp3) is 0.682. The van der Waals surface area contributed by atoms with Crippen molar-refractivity contribution < 1.29 is 33.3 Å². The van der Waals surface area contributed by atoms with Crippen molar-refractivity contribution in [1.82, 2.24) is 0 Å². The van der Waals surface area contributed by atoms with Gasteiger partial charge in [-0.3, -0.25) is 9.59 Å². The average Bonchev–Trinajstić information content (AvgIpc) is 2.70. The number of cyclic esters (lactones) is 1. The summed E-state index contributed by atoms with van der Waals surface area (Å²) >= 11 is 0. The van der Waals surface area contributed by atoms with Gasteiger partial charge < -0.3 is 18.9 Å². The van der Waals surface area contributed by atoms with E-state index in [-0.39, 0.29) is 30.1 Å². The zero-order valence-electron chi connectivity index (χ0n) is 18.0. The van der Waals surface area contributed by atoms with Crippen molar-refractivity contribution in [3.63, 3.8) is 0 Å². The summed E-state index contributed by atoms with van der Waals surface area (Å²) in [6.45, 7) is 12.2. The number of rotatable bonds is 3. The third-order valence-corrected chi connectivity index (χ3v) is 6.49. The lowest BCUT2D eigenvalue weighted by Gasteiger charge is -2.60. The van der Waals surface area contributed by atoms with Crippen LogP contribution < -0.4 is 0 Å². The van der Waals surface area contributed by atoms with Crippen molar-refractivity contribution in [2.24, 2.45) is 5.92 Å². The van der Waals surface area contributed by atoms with Crippen LogP contribution in [0.5, 0.6) is 0 Å². The number of hydrogen-bond acceptors (Lipinski definition) is 7. The lowest BCUT2D eigenvalue weighted by Crippen LogP contribution is -2.78. The van der Waals surface area contributed by atoms with Crippen LogP contribution in [0.1, 0.15) is 61.3 Å². The van der Waals surface area contributed by atoms with Crippen LogP contribution in [0.4, 0.5) is 0 Å². The van der Waals surface area contributed by atoms with Crippen LogP contribution in [0.2, 0.25) is 0 Å². The zero-order valence-corrected chi connectivity index (χ0v) is 18.0. The highest BCUT2D eigenvalue weighted by molar-refractivity contribution is 6.09. The Labute approximate surface area is 170 Å². The van der Waals surface area contributed by atoms with E-state index in [1.165, 1.54) is 13.0 Å². The van der Waals surface area contributed by atoms with E-state index >= 15 is 0 Å². The third kappa shape index (κ3) is 2.40. The number of esters is 2. The molecule has 1 saturated carbocycles. The molecule has 4 bridgehead atoms. The van der Waals surface area contributed by atoms with Gasteiger partial charge >= 0.3 is 11.9 Å². The highest BCUT2D eigenvalue weighted by atomic mass is 16.8. The highest BCUT2D eigenvalue weighted by Crippen LogP contribution is 2.69. The second kappa shape index (κ2) is 5.58. The van der Waals surface area contributed by atoms with Crippen LogP contribution in [0, 0.1) is 5.92 Å². The van der Waals surface area contributed by atoms with Gasteiger partial charge in [-0.2, -0.15) is 0 Å². The lowest BCUT2D eigenvalue weighted by atomic mass is 9.50. The monoisotopic (exact) mass is 404 g/mol. The number of ketones is 1. The van der Waals surface area contributed by atoms with E-state index in [4.69, 9.17) is 18.9 Å². The molecule has 7 nitrogen and oxygen atoms in total. The fourth-order valence-corrected chi connectivity index (χ4v) is 5.69. The summed E-state index contributed by atoms with van der Waals surface area (Å²) in [6, 6.07) is 0. The molecular formula is C22H28O7. The smallest absolute Gasteiger partial charge is 0.339 e. The summed E-state index contributed by atoms with van der Waals surface area (Å²) in [7, 11) is 0. The maximum Gasteiger partial charge on any atom is 0.339 e. The Morgan fingerprint density at radius 1 is 1.17 bits per heavy atom. The minimum absolute atomic E-state index is 0.196. The van der Waals surface area contributed by atoms with E-state index in [1.807, 2.05) is 33.8 Å². The molecule has 2 aliphatic heterocycles. The van der Waals surface area contributed by atoms with E-state index in [0.29, 0.717) is 0 Å². The predicted molar refractivity (Wildman–Crippen MR) is 102 cm³/mol. The van der Waals surface area contributed by atoms with Gasteiger partial charge in [0.25, 0.3) is 0 Å². The van der Waals surface area contributed by atoms with E-state index in [2.05, 4.69) is 0 Å². The highest BCUT2D eigenvalue weighted by Gasteiger charge is 2.85. The summed E-state index contributed by atoms with van der Waals surface area (Å²) in [5.74, 6) is -3.16. The molecular weight excluding hydrogens is 376 g/mol. The summed E-state index contributed by atoms with van der Waals surface area (Å²) in [5.41, 5.74) is -3.95. The van der Waals surface area contributed by atoms with Crippen LogP contribution in [-0.2, 0) is 33.3 Å². The van der Waals surface area contributed by atoms with Crippen LogP contribution in [0.3, 0.4) is 0 Å². The summed E-state index contributed by atoms with van der Waals surface area (Å²) in [6.07, 6.45) is 3.75. The molecule has 0 radical (unpaired) electrons. The number of carbonyl (C=O) groups is 3. The van der Waals surface area contributed by atoms with Crippen molar-refractivity contribution in [3.05, 3.63) is 23.3 Å². The van der Waals surface area contributed by atoms with E-state index in [9.17, 15) is 14.4 Å². The van der Waals surface area contributed by atoms with Crippen molar-refractivity contribution >= 4 is 17.7 Å². The van der Waals surface area contributed by atoms with Crippen LogP contribution in [0.25, 0.3) is 0 Å². The van der Waals surface area contributed by atoms with Crippen molar-refractivity contribution in [1.29, 1.82) is 0 Å². The summed E-state index contributed by atoms with van der Waals surface area (Å²) in [5, 5.41) is 0. The second-order valence-electron chi connectivity index (χ2n) is 9.77. The Morgan fingerprint density at radius 2 is 1.83 bits per heavy atom. The maximum atomic E-state index is 14.0. The molecule has 0 N–H and O–H groups in total. The lowest BCUT2D eigenvalue weighted by molar-refractivity contribution is -0.308. The maximum absolute atomic E-state index is 14.0. The number of allylic oxidation sites excluding steroid dienone is 1. The molecule has 5 rings (SSSR count). The van der Waals surface area contributed by atoms with Gasteiger partial charge in [0.05, 0.1) is 11.2 Å². The summed E-state index contributed by atoms with van der Waals surface area (Å²) in [4.78, 5) is 39.0. The second-order valence-corrected chi connectivity index (χ2v) is 9.77. The standard InChI is InChI=1S/C22H28O7/c1-12(2)8-9-21-17(25)20(26-13(3)23)10-14-16(24)27-19(6,7)29-22(14,21)15(11-20)18(4,5)28-21/h8,10,15H,9,11H2,1-7H3. The molecule has 4 atom stereocenters. The minimum atomic E-state index is -1.57. The van der Waals surface area contributed by atoms with Gasteiger partial charge in [0.1, 0.15) is 5.60 Å².